The molecule has 160 valence electrons. The molecule has 29 heavy (non-hydrogen) atoms. The first-order valence-electron chi connectivity index (χ1n) is 11.4. The standard InChI is InChI=1S/C25H38N2O2/c1-3-4-5-6-7-8-9-10-14-17-24-26(20-22(2)25(28)29)18-19-27(24)21-23-15-12-11-13-16-23/h11-13,15-16,18-19,22H,3-10,14,17,20-21H2,1-2H3. The number of imidazole rings is 1. The number of benzene rings is 1. The van der Waals surface area contributed by atoms with Crippen molar-refractivity contribution < 1.29 is 14.5 Å². The summed E-state index contributed by atoms with van der Waals surface area (Å²) in [5.41, 5.74) is 1.26. The lowest BCUT2D eigenvalue weighted by Crippen LogP contribution is -2.39. The second kappa shape index (κ2) is 13.2. The van der Waals surface area contributed by atoms with Gasteiger partial charge in [0.05, 0.1) is 6.54 Å². The fourth-order valence-corrected chi connectivity index (χ4v) is 3.84. The van der Waals surface area contributed by atoms with Gasteiger partial charge in [0.15, 0.2) is 0 Å². The van der Waals surface area contributed by atoms with E-state index >= 15 is 0 Å². The van der Waals surface area contributed by atoms with Gasteiger partial charge in [-0.25, -0.2) is 9.13 Å². The van der Waals surface area contributed by atoms with Gasteiger partial charge in [-0.3, -0.25) is 0 Å². The molecule has 0 N–H and O–H groups in total. The Kier molecular flexibility index (Phi) is 10.5. The van der Waals surface area contributed by atoms with Gasteiger partial charge in [-0.2, -0.15) is 0 Å². The van der Waals surface area contributed by atoms with E-state index in [1.807, 2.05) is 12.3 Å². The number of aromatic nitrogens is 2. The second-order valence-electron chi connectivity index (χ2n) is 8.28. The van der Waals surface area contributed by atoms with Crippen LogP contribution < -0.4 is 9.67 Å². The van der Waals surface area contributed by atoms with Gasteiger partial charge in [0, 0.05) is 18.3 Å². The summed E-state index contributed by atoms with van der Waals surface area (Å²) < 4.78 is 4.37. The Bertz CT molecular complexity index is 709. The Morgan fingerprint density at radius 1 is 1.00 bits per heavy atom. The summed E-state index contributed by atoms with van der Waals surface area (Å²) in [6.45, 7) is 5.27. The van der Waals surface area contributed by atoms with Crippen molar-refractivity contribution in [3.8, 4) is 0 Å². The first kappa shape index (κ1) is 23.2. The third kappa shape index (κ3) is 8.43. The third-order valence-corrected chi connectivity index (χ3v) is 5.66. The van der Waals surface area contributed by atoms with Gasteiger partial charge in [0.2, 0.25) is 0 Å². The van der Waals surface area contributed by atoms with Gasteiger partial charge in [-0.15, -0.1) is 0 Å². The number of rotatable bonds is 15. The van der Waals surface area contributed by atoms with Crippen molar-refractivity contribution in [2.45, 2.75) is 91.1 Å². The zero-order valence-corrected chi connectivity index (χ0v) is 18.3. The molecule has 1 atom stereocenters. The Morgan fingerprint density at radius 3 is 2.24 bits per heavy atom. The largest absolute Gasteiger partial charge is 0.550 e. The van der Waals surface area contributed by atoms with E-state index in [0.29, 0.717) is 6.54 Å². The monoisotopic (exact) mass is 398 g/mol. The maximum Gasteiger partial charge on any atom is 0.256 e. The third-order valence-electron chi connectivity index (χ3n) is 5.66. The summed E-state index contributed by atoms with van der Waals surface area (Å²) in [5, 5.41) is 11.2. The number of carboxylic acid groups (broad SMARTS) is 1. The SMILES string of the molecule is CCCCCCCCCCCc1n(CC(C)C(=O)[O-])cc[n+]1Cc1ccccc1. The zero-order chi connectivity index (χ0) is 20.9. The van der Waals surface area contributed by atoms with Crippen LogP contribution in [0.3, 0.4) is 0 Å². The van der Waals surface area contributed by atoms with Crippen molar-refractivity contribution in [1.29, 1.82) is 0 Å². The van der Waals surface area contributed by atoms with Crippen LogP contribution in [0.2, 0.25) is 0 Å². The van der Waals surface area contributed by atoms with Gasteiger partial charge < -0.3 is 9.90 Å². The maximum atomic E-state index is 11.2. The number of carbonyl (C=O) groups excluding carboxylic acids is 1. The fraction of sp³-hybridized carbons (Fsp3) is 0.600. The van der Waals surface area contributed by atoms with Crippen molar-refractivity contribution in [2.24, 2.45) is 5.92 Å². The smallest absolute Gasteiger partial charge is 0.256 e. The molecule has 0 spiro atoms. The van der Waals surface area contributed by atoms with Crippen molar-refractivity contribution >= 4 is 5.97 Å². The van der Waals surface area contributed by atoms with E-state index in [4.69, 9.17) is 0 Å². The number of hydrogen-bond donors (Lipinski definition) is 0. The lowest BCUT2D eigenvalue weighted by molar-refractivity contribution is -0.695. The van der Waals surface area contributed by atoms with Crippen molar-refractivity contribution in [3.63, 3.8) is 0 Å². The highest BCUT2D eigenvalue weighted by Gasteiger charge is 2.19. The molecule has 1 heterocycles. The Labute approximate surface area is 176 Å². The molecule has 0 amide bonds. The summed E-state index contributed by atoms with van der Waals surface area (Å²) in [7, 11) is 0. The van der Waals surface area contributed by atoms with Crippen molar-refractivity contribution in [1.82, 2.24) is 4.57 Å². The van der Waals surface area contributed by atoms with Gasteiger partial charge in [-0.1, -0.05) is 95.5 Å². The average molecular weight is 399 g/mol. The highest BCUT2D eigenvalue weighted by Crippen LogP contribution is 2.12. The topological polar surface area (TPSA) is 48.9 Å². The average Bonchev–Trinajstić information content (AvgIpc) is 3.08. The molecule has 2 aromatic rings. The molecule has 1 aromatic carbocycles. The molecule has 0 saturated carbocycles. The molecule has 4 nitrogen and oxygen atoms in total. The Hall–Kier alpha value is -2.10. The molecular weight excluding hydrogens is 360 g/mol. The van der Waals surface area contributed by atoms with Crippen LogP contribution in [0.5, 0.6) is 0 Å². The fourth-order valence-electron chi connectivity index (χ4n) is 3.84. The van der Waals surface area contributed by atoms with E-state index in [-0.39, 0.29) is 0 Å². The second-order valence-corrected chi connectivity index (χ2v) is 8.28. The molecule has 0 aliphatic carbocycles. The van der Waals surface area contributed by atoms with Crippen molar-refractivity contribution in [2.75, 3.05) is 0 Å². The van der Waals surface area contributed by atoms with Gasteiger partial charge in [-0.05, 0) is 12.0 Å². The van der Waals surface area contributed by atoms with Crippen LogP contribution in [-0.2, 0) is 24.3 Å². The summed E-state index contributed by atoms with van der Waals surface area (Å²) in [5.74, 6) is -0.262. The highest BCUT2D eigenvalue weighted by molar-refractivity contribution is 5.66. The van der Waals surface area contributed by atoms with E-state index in [0.717, 1.165) is 19.4 Å². The molecule has 0 aliphatic rings. The normalized spacial score (nSPS) is 12.2. The molecule has 0 radical (unpaired) electrons. The molecule has 0 saturated heterocycles. The van der Waals surface area contributed by atoms with E-state index in [1.165, 1.54) is 62.8 Å². The van der Waals surface area contributed by atoms with E-state index in [9.17, 15) is 9.90 Å². The van der Waals surface area contributed by atoms with Crippen LogP contribution >= 0.6 is 0 Å². The number of aliphatic carboxylic acids is 1. The van der Waals surface area contributed by atoms with Crippen LogP contribution in [0.4, 0.5) is 0 Å². The highest BCUT2D eigenvalue weighted by atomic mass is 16.4. The molecular formula is C25H38N2O2. The lowest BCUT2D eigenvalue weighted by Gasteiger charge is -2.12. The zero-order valence-electron chi connectivity index (χ0n) is 18.3. The minimum Gasteiger partial charge on any atom is -0.550 e. The maximum absolute atomic E-state index is 11.2. The van der Waals surface area contributed by atoms with E-state index in [1.54, 1.807) is 6.92 Å². The minimum absolute atomic E-state index is 0.469. The summed E-state index contributed by atoms with van der Waals surface area (Å²) >= 11 is 0. The quantitative estimate of drug-likeness (QED) is 0.332. The number of unbranched alkanes of at least 4 members (excludes halogenated alkanes) is 8. The van der Waals surface area contributed by atoms with E-state index < -0.39 is 11.9 Å². The van der Waals surface area contributed by atoms with Crippen LogP contribution in [0.15, 0.2) is 42.7 Å². The molecule has 4 heteroatoms. The lowest BCUT2D eigenvalue weighted by atomic mass is 10.1. The Morgan fingerprint density at radius 2 is 1.62 bits per heavy atom. The first-order valence-corrected chi connectivity index (χ1v) is 11.4. The number of hydrogen-bond acceptors (Lipinski definition) is 2. The molecule has 0 fully saturated rings. The van der Waals surface area contributed by atoms with Gasteiger partial charge >= 0.3 is 0 Å². The minimum atomic E-state index is -0.984. The number of nitrogens with zero attached hydrogens (tertiary/aromatic N) is 2. The van der Waals surface area contributed by atoms with Crippen LogP contribution in [0, 0.1) is 5.92 Å². The summed E-state index contributed by atoms with van der Waals surface area (Å²) in [4.78, 5) is 11.2. The van der Waals surface area contributed by atoms with Gasteiger partial charge in [0.25, 0.3) is 5.82 Å². The van der Waals surface area contributed by atoms with Crippen LogP contribution in [0.25, 0.3) is 0 Å². The predicted octanol–water partition coefficient (Wildman–Crippen LogP) is 4.28. The summed E-state index contributed by atoms with van der Waals surface area (Å²) in [6.07, 6.45) is 16.9. The molecule has 1 unspecified atom stereocenters. The Balaban J connectivity index is 1.90. The predicted molar refractivity (Wildman–Crippen MR) is 115 cm³/mol. The molecule has 0 bridgehead atoms. The molecule has 2 rings (SSSR count). The summed E-state index contributed by atoms with van der Waals surface area (Å²) in [6, 6.07) is 10.4. The number of carboxylic acids is 1. The van der Waals surface area contributed by atoms with E-state index in [2.05, 4.69) is 46.5 Å². The first-order chi connectivity index (χ1) is 14.1. The number of carbonyl (C=O) groups is 1. The molecule has 0 aliphatic heterocycles. The van der Waals surface area contributed by atoms with Crippen LogP contribution in [0.1, 0.15) is 83.0 Å². The van der Waals surface area contributed by atoms with Crippen LogP contribution in [-0.4, -0.2) is 10.5 Å². The molecule has 1 aromatic heterocycles. The van der Waals surface area contributed by atoms with Crippen molar-refractivity contribution in [3.05, 3.63) is 54.1 Å². The van der Waals surface area contributed by atoms with Gasteiger partial charge in [0.1, 0.15) is 18.9 Å².